The Bertz CT molecular complexity index is 836. The standard InChI is InChI=1S/C20H18N4/c1-15-8-10-16(11-9-15)13-19(18-6-2-3-12-22-18)24-20-7-4-5-17(14-21)23-20/h2-12,19H,13H2,1H3,(H,23,24). The zero-order valence-electron chi connectivity index (χ0n) is 13.5. The lowest BCUT2D eigenvalue weighted by Crippen LogP contribution is -2.16. The molecule has 0 aliphatic carbocycles. The quantitative estimate of drug-likeness (QED) is 0.771. The van der Waals surface area contributed by atoms with Crippen LogP contribution in [0.3, 0.4) is 0 Å². The minimum atomic E-state index is -0.0182. The molecule has 0 aliphatic rings. The molecule has 1 N–H and O–H groups in total. The van der Waals surface area contributed by atoms with E-state index in [-0.39, 0.29) is 6.04 Å². The van der Waals surface area contributed by atoms with E-state index >= 15 is 0 Å². The third-order valence-corrected chi connectivity index (χ3v) is 3.79. The number of nitrogens with zero attached hydrogens (tertiary/aromatic N) is 3. The summed E-state index contributed by atoms with van der Waals surface area (Å²) in [6.45, 7) is 2.08. The predicted octanol–water partition coefficient (Wildman–Crippen LogP) is 4.05. The van der Waals surface area contributed by atoms with Gasteiger partial charge in [0.15, 0.2) is 0 Å². The molecule has 1 atom stereocenters. The van der Waals surface area contributed by atoms with Gasteiger partial charge in [-0.15, -0.1) is 0 Å². The molecule has 2 heterocycles. The van der Waals surface area contributed by atoms with E-state index in [2.05, 4.69) is 52.5 Å². The largest absolute Gasteiger partial charge is 0.361 e. The summed E-state index contributed by atoms with van der Waals surface area (Å²) in [5.74, 6) is 0.678. The Morgan fingerprint density at radius 3 is 2.58 bits per heavy atom. The molecule has 0 amide bonds. The van der Waals surface area contributed by atoms with Crippen molar-refractivity contribution in [2.45, 2.75) is 19.4 Å². The fraction of sp³-hybridized carbons (Fsp3) is 0.150. The van der Waals surface area contributed by atoms with Gasteiger partial charge in [-0.2, -0.15) is 5.26 Å². The molecule has 118 valence electrons. The van der Waals surface area contributed by atoms with Crippen molar-refractivity contribution in [3.63, 3.8) is 0 Å². The molecule has 0 radical (unpaired) electrons. The molecule has 0 bridgehead atoms. The van der Waals surface area contributed by atoms with Crippen molar-refractivity contribution in [3.8, 4) is 6.07 Å². The second kappa shape index (κ2) is 7.38. The average Bonchev–Trinajstić information content (AvgIpc) is 2.64. The second-order valence-corrected chi connectivity index (χ2v) is 5.66. The van der Waals surface area contributed by atoms with E-state index in [1.807, 2.05) is 30.3 Å². The van der Waals surface area contributed by atoms with Crippen LogP contribution >= 0.6 is 0 Å². The van der Waals surface area contributed by atoms with Gasteiger partial charge in [0.2, 0.25) is 0 Å². The Morgan fingerprint density at radius 2 is 1.88 bits per heavy atom. The minimum absolute atomic E-state index is 0.0182. The molecular formula is C20H18N4. The van der Waals surface area contributed by atoms with Gasteiger partial charge in [-0.1, -0.05) is 42.0 Å². The van der Waals surface area contributed by atoms with Crippen molar-refractivity contribution in [2.24, 2.45) is 0 Å². The predicted molar refractivity (Wildman–Crippen MR) is 94.4 cm³/mol. The first kappa shape index (κ1) is 15.7. The van der Waals surface area contributed by atoms with E-state index in [1.54, 1.807) is 12.3 Å². The first-order valence-electron chi connectivity index (χ1n) is 7.85. The van der Waals surface area contributed by atoms with Crippen LogP contribution in [0.1, 0.15) is 28.6 Å². The molecule has 0 saturated heterocycles. The monoisotopic (exact) mass is 314 g/mol. The van der Waals surface area contributed by atoms with Crippen LogP contribution in [0.15, 0.2) is 66.9 Å². The van der Waals surface area contributed by atoms with Crippen molar-refractivity contribution in [1.29, 1.82) is 5.26 Å². The van der Waals surface area contributed by atoms with Crippen LogP contribution < -0.4 is 5.32 Å². The number of nitriles is 1. The highest BCUT2D eigenvalue weighted by Gasteiger charge is 2.14. The number of hydrogen-bond acceptors (Lipinski definition) is 4. The van der Waals surface area contributed by atoms with E-state index in [1.165, 1.54) is 11.1 Å². The number of benzene rings is 1. The summed E-state index contributed by atoms with van der Waals surface area (Å²) in [5.41, 5.74) is 3.81. The van der Waals surface area contributed by atoms with Crippen molar-refractivity contribution >= 4 is 5.82 Å². The Labute approximate surface area is 141 Å². The van der Waals surface area contributed by atoms with Crippen LogP contribution in [0.25, 0.3) is 0 Å². The van der Waals surface area contributed by atoms with E-state index in [9.17, 15) is 0 Å². The summed E-state index contributed by atoms with van der Waals surface area (Å²) >= 11 is 0. The maximum absolute atomic E-state index is 9.02. The summed E-state index contributed by atoms with van der Waals surface area (Å²) in [5, 5.41) is 12.4. The van der Waals surface area contributed by atoms with Gasteiger partial charge in [0.05, 0.1) is 11.7 Å². The number of aryl methyl sites for hydroxylation is 1. The van der Waals surface area contributed by atoms with Crippen LogP contribution in [0.5, 0.6) is 0 Å². The Kier molecular flexibility index (Phi) is 4.83. The van der Waals surface area contributed by atoms with E-state index in [0.29, 0.717) is 11.5 Å². The summed E-state index contributed by atoms with van der Waals surface area (Å²) in [4.78, 5) is 8.79. The van der Waals surface area contributed by atoms with Crippen molar-refractivity contribution in [1.82, 2.24) is 9.97 Å². The lowest BCUT2D eigenvalue weighted by Gasteiger charge is -2.19. The van der Waals surface area contributed by atoms with E-state index < -0.39 is 0 Å². The lowest BCUT2D eigenvalue weighted by molar-refractivity contribution is 0.741. The third kappa shape index (κ3) is 3.96. The maximum Gasteiger partial charge on any atom is 0.142 e. The Morgan fingerprint density at radius 1 is 1.04 bits per heavy atom. The summed E-state index contributed by atoms with van der Waals surface area (Å²) < 4.78 is 0. The molecule has 4 heteroatoms. The fourth-order valence-electron chi connectivity index (χ4n) is 2.53. The smallest absolute Gasteiger partial charge is 0.142 e. The Hall–Kier alpha value is -3.19. The number of rotatable bonds is 5. The fourth-order valence-corrected chi connectivity index (χ4v) is 2.53. The molecule has 3 rings (SSSR count). The number of anilines is 1. The van der Waals surface area contributed by atoms with Gasteiger partial charge in [0.25, 0.3) is 0 Å². The molecular weight excluding hydrogens is 296 g/mol. The van der Waals surface area contributed by atoms with Gasteiger partial charge < -0.3 is 5.32 Å². The first-order chi connectivity index (χ1) is 11.7. The van der Waals surface area contributed by atoms with Crippen LogP contribution in [-0.2, 0) is 6.42 Å². The molecule has 24 heavy (non-hydrogen) atoms. The minimum Gasteiger partial charge on any atom is -0.361 e. The van der Waals surface area contributed by atoms with Crippen molar-refractivity contribution < 1.29 is 0 Å². The van der Waals surface area contributed by atoms with Crippen LogP contribution in [0.2, 0.25) is 0 Å². The highest BCUT2D eigenvalue weighted by atomic mass is 15.0. The zero-order valence-corrected chi connectivity index (χ0v) is 13.5. The van der Waals surface area contributed by atoms with Crippen LogP contribution in [0, 0.1) is 18.3 Å². The zero-order chi connectivity index (χ0) is 16.8. The molecule has 1 aromatic carbocycles. The lowest BCUT2D eigenvalue weighted by atomic mass is 10.0. The molecule has 0 fully saturated rings. The van der Waals surface area contributed by atoms with Gasteiger partial charge in [0, 0.05) is 6.20 Å². The SMILES string of the molecule is Cc1ccc(CC(Nc2cccc(C#N)n2)c2ccccn2)cc1. The second-order valence-electron chi connectivity index (χ2n) is 5.66. The molecule has 0 spiro atoms. The maximum atomic E-state index is 9.02. The third-order valence-electron chi connectivity index (χ3n) is 3.79. The highest BCUT2D eigenvalue weighted by Crippen LogP contribution is 2.21. The number of aromatic nitrogens is 2. The van der Waals surface area contributed by atoms with Crippen molar-refractivity contribution in [2.75, 3.05) is 5.32 Å². The summed E-state index contributed by atoms with van der Waals surface area (Å²) in [6.07, 6.45) is 2.58. The molecule has 0 aliphatic heterocycles. The number of pyridine rings is 2. The van der Waals surface area contributed by atoms with E-state index in [0.717, 1.165) is 12.1 Å². The average molecular weight is 314 g/mol. The van der Waals surface area contributed by atoms with E-state index in [4.69, 9.17) is 5.26 Å². The topological polar surface area (TPSA) is 61.6 Å². The molecule has 2 aromatic heterocycles. The van der Waals surface area contributed by atoms with Gasteiger partial charge >= 0.3 is 0 Å². The number of hydrogen-bond donors (Lipinski definition) is 1. The highest BCUT2D eigenvalue weighted by molar-refractivity contribution is 5.41. The molecule has 3 aromatic rings. The molecule has 4 nitrogen and oxygen atoms in total. The van der Waals surface area contributed by atoms with Crippen molar-refractivity contribution in [3.05, 3.63) is 89.4 Å². The van der Waals surface area contributed by atoms with Crippen LogP contribution in [0.4, 0.5) is 5.82 Å². The van der Waals surface area contributed by atoms with Crippen LogP contribution in [-0.4, -0.2) is 9.97 Å². The van der Waals surface area contributed by atoms with Gasteiger partial charge in [-0.3, -0.25) is 4.98 Å². The summed E-state index contributed by atoms with van der Waals surface area (Å²) in [7, 11) is 0. The molecule has 1 unspecified atom stereocenters. The van der Waals surface area contributed by atoms with Gasteiger partial charge in [-0.25, -0.2) is 4.98 Å². The molecule has 0 saturated carbocycles. The normalized spacial score (nSPS) is 11.5. The van der Waals surface area contributed by atoms with Gasteiger partial charge in [0.1, 0.15) is 17.6 Å². The first-order valence-corrected chi connectivity index (χ1v) is 7.85. The summed E-state index contributed by atoms with van der Waals surface area (Å²) in [6, 6.07) is 21.8. The van der Waals surface area contributed by atoms with Gasteiger partial charge in [-0.05, 0) is 43.2 Å². The Balaban J connectivity index is 1.87. The number of nitrogens with one attached hydrogen (secondary N) is 1.